The highest BCUT2D eigenvalue weighted by atomic mass is 19.4. The molecule has 2 unspecified atom stereocenters. The SMILES string of the molecule is CCC(N=[N+]=[N-])C(C)C(F)(F)F. The normalized spacial score (nSPS) is 16.4. The number of alkyl halides is 3. The zero-order valence-corrected chi connectivity index (χ0v) is 6.84. The van der Waals surface area contributed by atoms with Gasteiger partial charge in [0, 0.05) is 11.0 Å². The van der Waals surface area contributed by atoms with E-state index in [9.17, 15) is 13.2 Å². The minimum atomic E-state index is -4.28. The Bertz CT molecular complexity index is 183. The molecule has 0 amide bonds. The van der Waals surface area contributed by atoms with E-state index in [1.807, 2.05) is 0 Å². The van der Waals surface area contributed by atoms with E-state index in [4.69, 9.17) is 5.53 Å². The van der Waals surface area contributed by atoms with Gasteiger partial charge in [0.2, 0.25) is 0 Å². The van der Waals surface area contributed by atoms with Gasteiger partial charge in [0.25, 0.3) is 0 Å². The van der Waals surface area contributed by atoms with Crippen LogP contribution in [0.25, 0.3) is 10.4 Å². The van der Waals surface area contributed by atoms with Gasteiger partial charge in [-0.1, -0.05) is 19.0 Å². The van der Waals surface area contributed by atoms with Crippen molar-refractivity contribution in [1.29, 1.82) is 0 Å². The molecule has 0 N–H and O–H groups in total. The summed E-state index contributed by atoms with van der Waals surface area (Å²) >= 11 is 0. The van der Waals surface area contributed by atoms with Gasteiger partial charge in [-0.15, -0.1) is 0 Å². The van der Waals surface area contributed by atoms with Crippen molar-refractivity contribution in [3.05, 3.63) is 10.4 Å². The van der Waals surface area contributed by atoms with Crippen LogP contribution < -0.4 is 0 Å². The average Bonchev–Trinajstić information content (AvgIpc) is 1.97. The van der Waals surface area contributed by atoms with E-state index in [2.05, 4.69) is 10.0 Å². The second-order valence-electron chi connectivity index (χ2n) is 2.51. The predicted molar refractivity (Wildman–Crippen MR) is 38.4 cm³/mol. The first kappa shape index (κ1) is 11.1. The van der Waals surface area contributed by atoms with E-state index < -0.39 is 18.1 Å². The van der Waals surface area contributed by atoms with Crippen LogP contribution in [0.2, 0.25) is 0 Å². The van der Waals surface area contributed by atoms with Gasteiger partial charge in [0.1, 0.15) is 0 Å². The maximum atomic E-state index is 12.0. The molecule has 0 rings (SSSR count). The van der Waals surface area contributed by atoms with Crippen molar-refractivity contribution in [2.75, 3.05) is 0 Å². The van der Waals surface area contributed by atoms with Crippen LogP contribution in [0.1, 0.15) is 20.3 Å². The van der Waals surface area contributed by atoms with Crippen molar-refractivity contribution in [2.24, 2.45) is 11.0 Å². The minimum absolute atomic E-state index is 0.199. The zero-order valence-electron chi connectivity index (χ0n) is 6.84. The van der Waals surface area contributed by atoms with Crippen LogP contribution in [0.3, 0.4) is 0 Å². The third-order valence-electron chi connectivity index (χ3n) is 1.71. The van der Waals surface area contributed by atoms with Gasteiger partial charge >= 0.3 is 6.18 Å². The summed E-state index contributed by atoms with van der Waals surface area (Å²) in [5.41, 5.74) is 7.97. The predicted octanol–water partition coefficient (Wildman–Crippen LogP) is 3.27. The molecular formula is C6H10F3N3. The van der Waals surface area contributed by atoms with E-state index in [0.717, 1.165) is 6.92 Å². The Labute approximate surface area is 68.2 Å². The van der Waals surface area contributed by atoms with E-state index in [1.54, 1.807) is 6.92 Å². The quantitative estimate of drug-likeness (QED) is 0.364. The summed E-state index contributed by atoms with van der Waals surface area (Å²) in [6.45, 7) is 2.57. The fourth-order valence-corrected chi connectivity index (χ4v) is 0.820. The first-order chi connectivity index (χ1) is 5.43. The van der Waals surface area contributed by atoms with E-state index in [-0.39, 0.29) is 6.42 Å². The Balaban J connectivity index is 4.41. The van der Waals surface area contributed by atoms with Gasteiger partial charge in [-0.05, 0) is 12.0 Å². The third-order valence-corrected chi connectivity index (χ3v) is 1.71. The lowest BCUT2D eigenvalue weighted by Gasteiger charge is -2.20. The van der Waals surface area contributed by atoms with Gasteiger partial charge in [0.15, 0.2) is 0 Å². The number of nitrogens with zero attached hydrogens (tertiary/aromatic N) is 3. The van der Waals surface area contributed by atoms with Gasteiger partial charge in [-0.2, -0.15) is 13.2 Å². The molecule has 0 aliphatic rings. The fourth-order valence-electron chi connectivity index (χ4n) is 0.820. The van der Waals surface area contributed by atoms with E-state index in [1.165, 1.54) is 0 Å². The largest absolute Gasteiger partial charge is 0.391 e. The lowest BCUT2D eigenvalue weighted by molar-refractivity contribution is -0.174. The molecule has 0 saturated carbocycles. The molecular weight excluding hydrogens is 171 g/mol. The molecule has 0 aromatic heterocycles. The molecule has 0 aromatic rings. The molecule has 0 aromatic carbocycles. The van der Waals surface area contributed by atoms with Crippen LogP contribution >= 0.6 is 0 Å². The second-order valence-corrected chi connectivity index (χ2v) is 2.51. The standard InChI is InChI=1S/C6H10F3N3/c1-3-5(11-12-10)4(2)6(7,8)9/h4-5H,3H2,1-2H3. The molecule has 0 aliphatic heterocycles. The van der Waals surface area contributed by atoms with Gasteiger partial charge in [-0.3, -0.25) is 0 Å². The summed E-state index contributed by atoms with van der Waals surface area (Å²) in [4.78, 5) is 2.37. The summed E-state index contributed by atoms with van der Waals surface area (Å²) < 4.78 is 36.1. The molecule has 12 heavy (non-hydrogen) atoms. The molecule has 0 fully saturated rings. The topological polar surface area (TPSA) is 48.8 Å². The van der Waals surface area contributed by atoms with Crippen molar-refractivity contribution in [3.8, 4) is 0 Å². The Kier molecular flexibility index (Phi) is 3.89. The van der Waals surface area contributed by atoms with Crippen LogP contribution in [-0.4, -0.2) is 12.2 Å². The number of halogens is 3. The smallest absolute Gasteiger partial charge is 0.171 e. The molecule has 0 saturated heterocycles. The summed E-state index contributed by atoms with van der Waals surface area (Å²) in [5.74, 6) is -1.57. The Morgan fingerprint density at radius 3 is 2.25 bits per heavy atom. The first-order valence-electron chi connectivity index (χ1n) is 3.54. The summed E-state index contributed by atoms with van der Waals surface area (Å²) in [6.07, 6.45) is -4.08. The van der Waals surface area contributed by atoms with Crippen molar-refractivity contribution in [3.63, 3.8) is 0 Å². The summed E-state index contributed by atoms with van der Waals surface area (Å²) in [7, 11) is 0. The summed E-state index contributed by atoms with van der Waals surface area (Å²) in [6, 6.07) is -0.991. The van der Waals surface area contributed by atoms with Gasteiger partial charge < -0.3 is 0 Å². The molecule has 0 heterocycles. The molecule has 0 aliphatic carbocycles. The molecule has 0 spiro atoms. The second kappa shape index (κ2) is 4.21. The van der Waals surface area contributed by atoms with E-state index >= 15 is 0 Å². The Hall–Kier alpha value is -0.900. The zero-order chi connectivity index (χ0) is 9.78. The fraction of sp³-hybridized carbons (Fsp3) is 1.00. The van der Waals surface area contributed by atoms with Crippen LogP contribution in [0, 0.1) is 5.92 Å². The van der Waals surface area contributed by atoms with Crippen LogP contribution in [0.5, 0.6) is 0 Å². The Morgan fingerprint density at radius 1 is 1.50 bits per heavy atom. The highest BCUT2D eigenvalue weighted by Crippen LogP contribution is 2.30. The minimum Gasteiger partial charge on any atom is -0.171 e. The van der Waals surface area contributed by atoms with Gasteiger partial charge in [-0.25, -0.2) is 0 Å². The number of hydrogen-bond donors (Lipinski definition) is 0. The average molecular weight is 181 g/mol. The molecule has 6 heteroatoms. The highest BCUT2D eigenvalue weighted by molar-refractivity contribution is 4.77. The number of hydrogen-bond acceptors (Lipinski definition) is 1. The summed E-state index contributed by atoms with van der Waals surface area (Å²) in [5, 5.41) is 3.07. The van der Waals surface area contributed by atoms with Crippen LogP contribution in [0.4, 0.5) is 13.2 Å². The third kappa shape index (κ3) is 3.00. The Morgan fingerprint density at radius 2 is 2.00 bits per heavy atom. The first-order valence-corrected chi connectivity index (χ1v) is 3.54. The molecule has 70 valence electrons. The van der Waals surface area contributed by atoms with Crippen LogP contribution in [0.15, 0.2) is 5.11 Å². The van der Waals surface area contributed by atoms with Crippen LogP contribution in [-0.2, 0) is 0 Å². The van der Waals surface area contributed by atoms with Crippen molar-refractivity contribution < 1.29 is 13.2 Å². The van der Waals surface area contributed by atoms with Crippen molar-refractivity contribution in [2.45, 2.75) is 32.5 Å². The number of azide groups is 1. The highest BCUT2D eigenvalue weighted by Gasteiger charge is 2.39. The molecule has 2 atom stereocenters. The molecule has 3 nitrogen and oxygen atoms in total. The maximum absolute atomic E-state index is 12.0. The molecule has 0 radical (unpaired) electrons. The van der Waals surface area contributed by atoms with Gasteiger partial charge in [0.05, 0.1) is 5.92 Å². The number of rotatable bonds is 3. The molecule has 0 bridgehead atoms. The maximum Gasteiger partial charge on any atom is 0.391 e. The van der Waals surface area contributed by atoms with Crippen molar-refractivity contribution in [1.82, 2.24) is 0 Å². The lowest BCUT2D eigenvalue weighted by atomic mass is 10.0. The van der Waals surface area contributed by atoms with Crippen molar-refractivity contribution >= 4 is 0 Å². The monoisotopic (exact) mass is 181 g/mol. The lowest BCUT2D eigenvalue weighted by Crippen LogP contribution is -2.29. The van der Waals surface area contributed by atoms with E-state index in [0.29, 0.717) is 0 Å².